The molecule has 0 aliphatic heterocycles. The van der Waals surface area contributed by atoms with Gasteiger partial charge in [0.05, 0.1) is 5.41 Å². The van der Waals surface area contributed by atoms with Gasteiger partial charge in [0.2, 0.25) is 5.91 Å². The van der Waals surface area contributed by atoms with Crippen LogP contribution >= 0.6 is 0 Å². The summed E-state index contributed by atoms with van der Waals surface area (Å²) in [7, 11) is 0. The molecule has 1 aromatic heterocycles. The van der Waals surface area contributed by atoms with E-state index >= 15 is 0 Å². The molecule has 7 nitrogen and oxygen atoms in total. The summed E-state index contributed by atoms with van der Waals surface area (Å²) < 4.78 is 4.75. The number of rotatable bonds is 4. The van der Waals surface area contributed by atoms with Gasteiger partial charge in [-0.2, -0.15) is 4.98 Å². The lowest BCUT2D eigenvalue weighted by Crippen LogP contribution is -2.32. The predicted molar refractivity (Wildman–Crippen MR) is 60.8 cm³/mol. The molecule has 18 heavy (non-hydrogen) atoms. The lowest BCUT2D eigenvalue weighted by Gasteiger charge is -2.22. The van der Waals surface area contributed by atoms with E-state index < -0.39 is 17.3 Å². The van der Waals surface area contributed by atoms with Crippen LogP contribution in [-0.2, 0) is 9.59 Å². The Balaban J connectivity index is 1.99. The Morgan fingerprint density at radius 2 is 2.11 bits per heavy atom. The van der Waals surface area contributed by atoms with Crippen LogP contribution in [0.3, 0.4) is 0 Å². The largest absolute Gasteiger partial charge is 0.481 e. The van der Waals surface area contributed by atoms with Crippen LogP contribution < -0.4 is 5.32 Å². The number of carboxylic acids is 1. The van der Waals surface area contributed by atoms with Gasteiger partial charge in [0.15, 0.2) is 5.82 Å². The lowest BCUT2D eigenvalue weighted by atomic mass is 9.82. The third-order valence-electron chi connectivity index (χ3n) is 3.29. The van der Waals surface area contributed by atoms with Gasteiger partial charge in [0, 0.05) is 6.42 Å². The fraction of sp³-hybridized carbons (Fsp3) is 0.636. The number of carboxylic acid groups (broad SMARTS) is 1. The van der Waals surface area contributed by atoms with Gasteiger partial charge >= 0.3 is 12.0 Å². The van der Waals surface area contributed by atoms with Crippen LogP contribution in [-0.4, -0.2) is 27.1 Å². The minimum absolute atomic E-state index is 0.0102. The number of amides is 1. The van der Waals surface area contributed by atoms with E-state index in [4.69, 9.17) is 4.52 Å². The molecule has 0 bridgehead atoms. The quantitative estimate of drug-likeness (QED) is 0.839. The molecule has 1 saturated carbocycles. The molecule has 1 aliphatic rings. The van der Waals surface area contributed by atoms with E-state index in [1.165, 1.54) is 0 Å². The Kier molecular flexibility index (Phi) is 3.31. The molecule has 0 aromatic carbocycles. The summed E-state index contributed by atoms with van der Waals surface area (Å²) in [6.45, 7) is 1.63. The van der Waals surface area contributed by atoms with Gasteiger partial charge in [-0.3, -0.25) is 14.9 Å². The molecule has 98 valence electrons. The summed E-state index contributed by atoms with van der Waals surface area (Å²) in [4.78, 5) is 26.9. The molecule has 1 aliphatic carbocycles. The first-order valence-corrected chi connectivity index (χ1v) is 5.85. The Labute approximate surface area is 104 Å². The van der Waals surface area contributed by atoms with Crippen LogP contribution in [0.5, 0.6) is 0 Å². The molecule has 1 fully saturated rings. The van der Waals surface area contributed by atoms with Crippen LogP contribution in [0.1, 0.15) is 37.9 Å². The molecular formula is C11H15N3O4. The number of nitrogens with one attached hydrogen (secondary N) is 1. The van der Waals surface area contributed by atoms with E-state index in [9.17, 15) is 14.7 Å². The zero-order valence-corrected chi connectivity index (χ0v) is 10.1. The number of aromatic nitrogens is 2. The average Bonchev–Trinajstić information content (AvgIpc) is 2.89. The van der Waals surface area contributed by atoms with Crippen molar-refractivity contribution in [3.63, 3.8) is 0 Å². The first-order valence-electron chi connectivity index (χ1n) is 5.85. The van der Waals surface area contributed by atoms with E-state index in [0.29, 0.717) is 18.7 Å². The maximum Gasteiger partial charge on any atom is 0.328 e. The zero-order valence-electron chi connectivity index (χ0n) is 10.1. The second kappa shape index (κ2) is 4.75. The number of carbonyl (C=O) groups is 2. The van der Waals surface area contributed by atoms with E-state index in [1.54, 1.807) is 6.92 Å². The summed E-state index contributed by atoms with van der Waals surface area (Å²) in [5.74, 6) is -0.890. The van der Waals surface area contributed by atoms with Crippen molar-refractivity contribution in [1.29, 1.82) is 0 Å². The number of aryl methyl sites for hydroxylation is 1. The predicted octanol–water partition coefficient (Wildman–Crippen LogP) is 1.35. The highest BCUT2D eigenvalue weighted by molar-refractivity contribution is 5.92. The van der Waals surface area contributed by atoms with Crippen LogP contribution in [0.15, 0.2) is 4.52 Å². The summed E-state index contributed by atoms with van der Waals surface area (Å²) in [6.07, 6.45) is 2.72. The van der Waals surface area contributed by atoms with Gasteiger partial charge in [-0.15, -0.1) is 0 Å². The molecule has 1 amide bonds. The summed E-state index contributed by atoms with van der Waals surface area (Å²) in [5, 5.41) is 15.2. The Morgan fingerprint density at radius 1 is 1.44 bits per heavy atom. The molecule has 7 heteroatoms. The van der Waals surface area contributed by atoms with Crippen molar-refractivity contribution in [2.75, 3.05) is 5.32 Å². The van der Waals surface area contributed by atoms with Gasteiger partial charge < -0.3 is 9.63 Å². The van der Waals surface area contributed by atoms with Gasteiger partial charge in [-0.1, -0.05) is 18.0 Å². The van der Waals surface area contributed by atoms with Gasteiger partial charge in [-0.05, 0) is 19.8 Å². The lowest BCUT2D eigenvalue weighted by molar-refractivity contribution is -0.150. The number of nitrogens with zero attached hydrogens (tertiary/aromatic N) is 2. The van der Waals surface area contributed by atoms with E-state index in [0.717, 1.165) is 12.8 Å². The highest BCUT2D eigenvalue weighted by Crippen LogP contribution is 2.41. The molecule has 0 unspecified atom stereocenters. The molecular weight excluding hydrogens is 238 g/mol. The maximum absolute atomic E-state index is 11.8. The summed E-state index contributed by atoms with van der Waals surface area (Å²) in [6, 6.07) is 0.0102. The van der Waals surface area contributed by atoms with Gasteiger partial charge in [0.1, 0.15) is 0 Å². The topological polar surface area (TPSA) is 105 Å². The van der Waals surface area contributed by atoms with E-state index in [1.807, 2.05) is 0 Å². The molecule has 1 aromatic rings. The number of anilines is 1. The molecule has 1 heterocycles. The van der Waals surface area contributed by atoms with Crippen molar-refractivity contribution in [3.05, 3.63) is 5.82 Å². The highest BCUT2D eigenvalue weighted by Gasteiger charge is 2.43. The number of hydrogen-bond donors (Lipinski definition) is 2. The number of hydrogen-bond acceptors (Lipinski definition) is 5. The van der Waals surface area contributed by atoms with Crippen LogP contribution in [0.2, 0.25) is 0 Å². The van der Waals surface area contributed by atoms with Crippen molar-refractivity contribution in [1.82, 2.24) is 10.1 Å². The summed E-state index contributed by atoms with van der Waals surface area (Å²) in [5.41, 5.74) is -0.931. The molecule has 2 N–H and O–H groups in total. The van der Waals surface area contributed by atoms with Crippen LogP contribution in [0, 0.1) is 12.3 Å². The number of aliphatic carboxylic acids is 1. The Hall–Kier alpha value is -1.92. The van der Waals surface area contributed by atoms with Gasteiger partial charge in [-0.25, -0.2) is 0 Å². The third-order valence-corrected chi connectivity index (χ3v) is 3.29. The van der Waals surface area contributed by atoms with Crippen molar-refractivity contribution in [3.8, 4) is 0 Å². The average molecular weight is 253 g/mol. The monoisotopic (exact) mass is 253 g/mol. The normalized spacial score (nSPS) is 17.6. The first kappa shape index (κ1) is 12.5. The second-order valence-electron chi connectivity index (χ2n) is 4.66. The number of carbonyl (C=O) groups excluding carboxylic acids is 1. The SMILES string of the molecule is Cc1noc(NC(=O)CC2(C(=O)O)CCCC2)n1. The molecule has 0 atom stereocenters. The van der Waals surface area contributed by atoms with Crippen molar-refractivity contribution in [2.24, 2.45) is 5.41 Å². The molecule has 2 rings (SSSR count). The second-order valence-corrected chi connectivity index (χ2v) is 4.66. The molecule has 0 spiro atoms. The van der Waals surface area contributed by atoms with Crippen LogP contribution in [0.4, 0.5) is 6.01 Å². The minimum Gasteiger partial charge on any atom is -0.481 e. The fourth-order valence-corrected chi connectivity index (χ4v) is 2.34. The third kappa shape index (κ3) is 2.49. The highest BCUT2D eigenvalue weighted by atomic mass is 16.5. The minimum atomic E-state index is -0.931. The van der Waals surface area contributed by atoms with Crippen molar-refractivity contribution in [2.45, 2.75) is 39.0 Å². The smallest absolute Gasteiger partial charge is 0.328 e. The first-order chi connectivity index (χ1) is 8.52. The Bertz CT molecular complexity index is 463. The van der Waals surface area contributed by atoms with E-state index in [-0.39, 0.29) is 12.4 Å². The van der Waals surface area contributed by atoms with Gasteiger partial charge in [0.25, 0.3) is 0 Å². The zero-order chi connectivity index (χ0) is 13.2. The summed E-state index contributed by atoms with van der Waals surface area (Å²) >= 11 is 0. The molecule has 0 saturated heterocycles. The molecule has 0 radical (unpaired) electrons. The Morgan fingerprint density at radius 3 is 2.61 bits per heavy atom. The van der Waals surface area contributed by atoms with Crippen molar-refractivity contribution >= 4 is 17.9 Å². The van der Waals surface area contributed by atoms with Crippen molar-refractivity contribution < 1.29 is 19.2 Å². The fourth-order valence-electron chi connectivity index (χ4n) is 2.34. The standard InChI is InChI=1S/C11H15N3O4/c1-7-12-10(18-14-7)13-8(15)6-11(9(16)17)4-2-3-5-11/h2-6H2,1H3,(H,16,17)(H,12,13,14,15). The maximum atomic E-state index is 11.8. The van der Waals surface area contributed by atoms with Crippen LogP contribution in [0.25, 0.3) is 0 Å². The van der Waals surface area contributed by atoms with E-state index in [2.05, 4.69) is 15.5 Å².